The van der Waals surface area contributed by atoms with Crippen molar-refractivity contribution in [3.05, 3.63) is 66.0 Å². The number of hydrogen-bond donors (Lipinski definition) is 3. The van der Waals surface area contributed by atoms with E-state index in [0.29, 0.717) is 13.0 Å². The summed E-state index contributed by atoms with van der Waals surface area (Å²) in [4.78, 5) is 3.99. The van der Waals surface area contributed by atoms with Gasteiger partial charge in [-0.2, -0.15) is 0 Å². The van der Waals surface area contributed by atoms with Crippen molar-refractivity contribution in [2.45, 2.75) is 25.0 Å². The maximum absolute atomic E-state index is 10.1. The molecule has 0 saturated heterocycles. The van der Waals surface area contributed by atoms with E-state index >= 15 is 0 Å². The van der Waals surface area contributed by atoms with Gasteiger partial charge < -0.3 is 16.2 Å². The van der Waals surface area contributed by atoms with E-state index in [1.807, 2.05) is 42.5 Å². The van der Waals surface area contributed by atoms with Gasteiger partial charge in [0, 0.05) is 25.0 Å². The van der Waals surface area contributed by atoms with Crippen LogP contribution in [0.25, 0.3) is 0 Å². The lowest BCUT2D eigenvalue weighted by atomic mass is 10.0. The Morgan fingerprint density at radius 1 is 1.05 bits per heavy atom. The molecule has 2 atom stereocenters. The van der Waals surface area contributed by atoms with Crippen LogP contribution >= 0.6 is 0 Å². The number of pyridine rings is 1. The zero-order valence-corrected chi connectivity index (χ0v) is 12.2. The van der Waals surface area contributed by atoms with E-state index in [1.165, 1.54) is 5.56 Å². The van der Waals surface area contributed by atoms with Crippen LogP contribution in [0, 0.1) is 0 Å². The fraction of sp³-hybridized carbons (Fsp3) is 0.353. The van der Waals surface area contributed by atoms with Gasteiger partial charge in [0.05, 0.1) is 6.10 Å². The number of aliphatic hydroxyl groups excluding tert-OH is 1. The van der Waals surface area contributed by atoms with E-state index in [4.69, 9.17) is 5.73 Å². The molecule has 0 saturated carbocycles. The molecule has 0 spiro atoms. The first-order valence-corrected chi connectivity index (χ1v) is 7.33. The highest BCUT2D eigenvalue weighted by atomic mass is 16.3. The lowest BCUT2D eigenvalue weighted by Crippen LogP contribution is -2.43. The minimum absolute atomic E-state index is 0.249. The van der Waals surface area contributed by atoms with Gasteiger partial charge in [-0.3, -0.25) is 4.98 Å². The molecule has 4 N–H and O–H groups in total. The fourth-order valence-corrected chi connectivity index (χ4v) is 2.21. The van der Waals surface area contributed by atoms with Crippen molar-refractivity contribution in [2.75, 3.05) is 13.1 Å². The first kappa shape index (κ1) is 15.6. The van der Waals surface area contributed by atoms with E-state index in [0.717, 1.165) is 18.5 Å². The molecule has 0 unspecified atom stereocenters. The maximum atomic E-state index is 10.1. The van der Waals surface area contributed by atoms with Crippen LogP contribution in [0.5, 0.6) is 0 Å². The monoisotopic (exact) mass is 285 g/mol. The largest absolute Gasteiger partial charge is 0.390 e. The van der Waals surface area contributed by atoms with Gasteiger partial charge in [-0.05, 0) is 42.6 Å². The Balaban J connectivity index is 1.66. The average molecular weight is 285 g/mol. The number of hydrogen-bond acceptors (Lipinski definition) is 4. The second kappa shape index (κ2) is 8.52. The van der Waals surface area contributed by atoms with E-state index in [9.17, 15) is 5.11 Å². The Morgan fingerprint density at radius 2 is 1.76 bits per heavy atom. The Labute approximate surface area is 126 Å². The Bertz CT molecular complexity index is 504. The van der Waals surface area contributed by atoms with Crippen molar-refractivity contribution in [3.63, 3.8) is 0 Å². The fourth-order valence-electron chi connectivity index (χ4n) is 2.21. The number of nitrogens with two attached hydrogens (primary N) is 1. The first-order chi connectivity index (χ1) is 10.3. The standard InChI is InChI=1S/C17H23N3O/c18-16(12-15-4-2-1-3-5-15)17(21)13-20-11-8-14-6-9-19-10-7-14/h1-7,9-10,16-17,20-21H,8,11-13,18H2/t16-,17+/m0/s1. The Kier molecular flexibility index (Phi) is 6.34. The molecule has 0 aliphatic rings. The first-order valence-electron chi connectivity index (χ1n) is 7.33. The van der Waals surface area contributed by atoms with Crippen molar-refractivity contribution < 1.29 is 5.11 Å². The summed E-state index contributed by atoms with van der Waals surface area (Å²) < 4.78 is 0. The predicted molar refractivity (Wildman–Crippen MR) is 84.9 cm³/mol. The summed E-state index contributed by atoms with van der Waals surface area (Å²) in [5, 5.41) is 13.3. The summed E-state index contributed by atoms with van der Waals surface area (Å²) in [7, 11) is 0. The summed E-state index contributed by atoms with van der Waals surface area (Å²) in [6, 6.07) is 13.8. The van der Waals surface area contributed by atoms with Crippen molar-refractivity contribution in [3.8, 4) is 0 Å². The third-order valence-electron chi connectivity index (χ3n) is 3.50. The van der Waals surface area contributed by atoms with Gasteiger partial charge in [0.1, 0.15) is 0 Å². The zero-order chi connectivity index (χ0) is 14.9. The van der Waals surface area contributed by atoms with Gasteiger partial charge in [-0.1, -0.05) is 30.3 Å². The summed E-state index contributed by atoms with van der Waals surface area (Å²) >= 11 is 0. The van der Waals surface area contributed by atoms with E-state index in [1.54, 1.807) is 12.4 Å². The van der Waals surface area contributed by atoms with Crippen LogP contribution in [0.2, 0.25) is 0 Å². The minimum atomic E-state index is -0.539. The van der Waals surface area contributed by atoms with Crippen molar-refractivity contribution >= 4 is 0 Å². The van der Waals surface area contributed by atoms with E-state index in [-0.39, 0.29) is 6.04 Å². The summed E-state index contributed by atoms with van der Waals surface area (Å²) in [6.45, 7) is 1.33. The SMILES string of the molecule is N[C@@H](Cc1ccccc1)[C@H](O)CNCCc1ccncc1. The van der Waals surface area contributed by atoms with E-state index in [2.05, 4.69) is 10.3 Å². The van der Waals surface area contributed by atoms with Crippen LogP contribution in [0.4, 0.5) is 0 Å². The zero-order valence-electron chi connectivity index (χ0n) is 12.2. The van der Waals surface area contributed by atoms with Gasteiger partial charge >= 0.3 is 0 Å². The molecule has 21 heavy (non-hydrogen) atoms. The summed E-state index contributed by atoms with van der Waals surface area (Å²) in [6.07, 6.45) is 4.65. The third-order valence-corrected chi connectivity index (χ3v) is 3.50. The highest BCUT2D eigenvalue weighted by Crippen LogP contribution is 2.04. The number of aromatic nitrogens is 1. The molecule has 0 bridgehead atoms. The van der Waals surface area contributed by atoms with Gasteiger partial charge in [0.2, 0.25) is 0 Å². The van der Waals surface area contributed by atoms with Crippen LogP contribution in [0.1, 0.15) is 11.1 Å². The van der Waals surface area contributed by atoms with Gasteiger partial charge in [-0.15, -0.1) is 0 Å². The van der Waals surface area contributed by atoms with E-state index < -0.39 is 6.10 Å². The molecule has 1 heterocycles. The van der Waals surface area contributed by atoms with Crippen LogP contribution < -0.4 is 11.1 Å². The Morgan fingerprint density at radius 3 is 2.48 bits per heavy atom. The molecule has 4 heteroatoms. The molecule has 0 fully saturated rings. The molecule has 0 aliphatic carbocycles. The molecule has 4 nitrogen and oxygen atoms in total. The van der Waals surface area contributed by atoms with Crippen LogP contribution in [-0.4, -0.2) is 35.3 Å². The molecule has 1 aromatic carbocycles. The summed E-state index contributed by atoms with van der Waals surface area (Å²) in [5.41, 5.74) is 8.43. The van der Waals surface area contributed by atoms with Crippen molar-refractivity contribution in [2.24, 2.45) is 5.73 Å². The topological polar surface area (TPSA) is 71.2 Å². The number of nitrogens with one attached hydrogen (secondary N) is 1. The van der Waals surface area contributed by atoms with Crippen LogP contribution in [0.15, 0.2) is 54.9 Å². The third kappa shape index (κ3) is 5.63. The molecule has 2 rings (SSSR count). The number of nitrogens with zero attached hydrogens (tertiary/aromatic N) is 1. The van der Waals surface area contributed by atoms with Gasteiger partial charge in [0.15, 0.2) is 0 Å². The highest BCUT2D eigenvalue weighted by Gasteiger charge is 2.14. The molecule has 0 aliphatic heterocycles. The second-order valence-corrected chi connectivity index (χ2v) is 5.23. The van der Waals surface area contributed by atoms with Crippen LogP contribution in [-0.2, 0) is 12.8 Å². The molecule has 0 amide bonds. The lowest BCUT2D eigenvalue weighted by Gasteiger charge is -2.19. The molecule has 112 valence electrons. The summed E-state index contributed by atoms with van der Waals surface area (Å²) in [5.74, 6) is 0. The molecular formula is C17H23N3O. The molecule has 2 aromatic rings. The van der Waals surface area contributed by atoms with Crippen LogP contribution in [0.3, 0.4) is 0 Å². The minimum Gasteiger partial charge on any atom is -0.390 e. The Hall–Kier alpha value is -1.75. The normalized spacial score (nSPS) is 13.8. The average Bonchev–Trinajstić information content (AvgIpc) is 2.53. The van der Waals surface area contributed by atoms with Crippen molar-refractivity contribution in [1.29, 1.82) is 0 Å². The van der Waals surface area contributed by atoms with Gasteiger partial charge in [-0.25, -0.2) is 0 Å². The smallest absolute Gasteiger partial charge is 0.0818 e. The molecule has 1 aromatic heterocycles. The lowest BCUT2D eigenvalue weighted by molar-refractivity contribution is 0.142. The highest BCUT2D eigenvalue weighted by molar-refractivity contribution is 5.16. The van der Waals surface area contributed by atoms with Crippen molar-refractivity contribution in [1.82, 2.24) is 10.3 Å². The number of benzene rings is 1. The maximum Gasteiger partial charge on any atom is 0.0818 e. The predicted octanol–water partition coefficient (Wildman–Crippen LogP) is 1.14. The number of aliphatic hydroxyl groups is 1. The molecule has 0 radical (unpaired) electrons. The quantitative estimate of drug-likeness (QED) is 0.636. The second-order valence-electron chi connectivity index (χ2n) is 5.23. The number of rotatable bonds is 8. The molecular weight excluding hydrogens is 262 g/mol. The van der Waals surface area contributed by atoms with Gasteiger partial charge in [0.25, 0.3) is 0 Å².